The molecule has 0 spiro atoms. The molecule has 14 heavy (non-hydrogen) atoms. The molecule has 1 rings (SSSR count). The highest BCUT2D eigenvalue weighted by molar-refractivity contribution is 7.86. The lowest BCUT2D eigenvalue weighted by atomic mass is 10.2. The van der Waals surface area contributed by atoms with E-state index in [1.54, 1.807) is 12.2 Å². The van der Waals surface area contributed by atoms with Gasteiger partial charge in [-0.3, -0.25) is 0 Å². The van der Waals surface area contributed by atoms with E-state index in [1.165, 1.54) is 24.3 Å². The van der Waals surface area contributed by atoms with Crippen molar-refractivity contribution in [1.29, 1.82) is 0 Å². The van der Waals surface area contributed by atoms with Crippen LogP contribution >= 0.6 is 11.6 Å². The lowest BCUT2D eigenvalue weighted by Crippen LogP contribution is -1.90. The minimum Gasteiger partial charge on any atom is -0.189 e. The van der Waals surface area contributed by atoms with Gasteiger partial charge in [0.2, 0.25) is 0 Å². The molecule has 0 aliphatic carbocycles. The molecule has 0 radical (unpaired) electrons. The molecule has 0 N–H and O–H groups in total. The highest BCUT2D eigenvalue weighted by Gasteiger charge is 2.09. The summed E-state index contributed by atoms with van der Waals surface area (Å²) in [6, 6.07) is 5.44. The second-order valence-corrected chi connectivity index (χ2v) is 4.22. The minimum absolute atomic E-state index is 0.333. The summed E-state index contributed by atoms with van der Waals surface area (Å²) in [4.78, 5) is -0.333. The van der Waals surface area contributed by atoms with Gasteiger partial charge in [-0.25, -0.2) is 0 Å². The monoisotopic (exact) mass is 234 g/mol. The van der Waals surface area contributed by atoms with Gasteiger partial charge in [0, 0.05) is 5.88 Å². The molecule has 5 heteroatoms. The number of alkyl halides is 1. The normalized spacial score (nSPS) is 12.1. The van der Waals surface area contributed by atoms with Crippen LogP contribution in [0, 0.1) is 0 Å². The van der Waals surface area contributed by atoms with Crippen LogP contribution in [0.5, 0.6) is 0 Å². The summed E-state index contributed by atoms with van der Waals surface area (Å²) in [5.74, 6) is 0.378. The highest BCUT2D eigenvalue weighted by atomic mass is 35.5. The summed E-state index contributed by atoms with van der Waals surface area (Å²) in [6.07, 6.45) is 3.43. The molecule has 76 valence electrons. The fraction of sp³-hybridized carbons (Fsp3) is 0.111. The summed E-state index contributed by atoms with van der Waals surface area (Å²) in [6.45, 7) is 0. The van der Waals surface area contributed by atoms with Crippen molar-refractivity contribution >= 4 is 27.9 Å². The van der Waals surface area contributed by atoms with E-state index in [-0.39, 0.29) is 4.90 Å². The molecule has 0 saturated heterocycles. The minimum atomic E-state index is -4.59. The molecule has 0 unspecified atom stereocenters. The van der Waals surface area contributed by atoms with Crippen molar-refractivity contribution in [2.45, 2.75) is 4.90 Å². The zero-order chi connectivity index (χ0) is 10.6. The van der Waals surface area contributed by atoms with E-state index in [2.05, 4.69) is 0 Å². The summed E-state index contributed by atoms with van der Waals surface area (Å²) < 4.78 is 33.3. The Bertz CT molecular complexity index is 423. The first-order valence-electron chi connectivity index (χ1n) is 3.81. The Kier molecular flexibility index (Phi) is 3.66. The molecule has 0 saturated carbocycles. The molecule has 2 nitrogen and oxygen atoms in total. The molecule has 0 bridgehead atoms. The van der Waals surface area contributed by atoms with Crippen LogP contribution in [0.25, 0.3) is 6.08 Å². The zero-order valence-electron chi connectivity index (χ0n) is 7.15. The molecule has 1 aromatic rings. The standard InChI is InChI=1S/C9H8ClFO2S/c10-7-1-2-8-3-5-9(6-4-8)14(11,12)13/h1-6H,7H2. The number of benzene rings is 1. The summed E-state index contributed by atoms with van der Waals surface area (Å²) in [5, 5.41) is 0. The van der Waals surface area contributed by atoms with Gasteiger partial charge in [-0.05, 0) is 17.7 Å². The Morgan fingerprint density at radius 2 is 1.86 bits per heavy atom. The van der Waals surface area contributed by atoms with Gasteiger partial charge in [0.1, 0.15) is 0 Å². The maximum absolute atomic E-state index is 12.4. The van der Waals surface area contributed by atoms with E-state index in [4.69, 9.17) is 11.6 Å². The molecular weight excluding hydrogens is 227 g/mol. The Morgan fingerprint density at radius 1 is 1.29 bits per heavy atom. The van der Waals surface area contributed by atoms with Crippen LogP contribution in [0.15, 0.2) is 35.2 Å². The third-order valence-corrected chi connectivity index (χ3v) is 2.57. The maximum atomic E-state index is 12.4. The van der Waals surface area contributed by atoms with Crippen molar-refractivity contribution < 1.29 is 12.3 Å². The fourth-order valence-corrected chi connectivity index (χ4v) is 1.47. The van der Waals surface area contributed by atoms with Crippen LogP contribution in [0.4, 0.5) is 3.89 Å². The lowest BCUT2D eigenvalue weighted by Gasteiger charge is -1.95. The summed E-state index contributed by atoms with van der Waals surface area (Å²) in [5.41, 5.74) is 0.776. The molecule has 0 aliphatic heterocycles. The van der Waals surface area contributed by atoms with Crippen molar-refractivity contribution in [2.24, 2.45) is 0 Å². The summed E-state index contributed by atoms with van der Waals surface area (Å²) in [7, 11) is -4.59. The first-order valence-corrected chi connectivity index (χ1v) is 5.73. The molecule has 0 amide bonds. The van der Waals surface area contributed by atoms with Gasteiger partial charge in [-0.2, -0.15) is 8.42 Å². The van der Waals surface area contributed by atoms with Gasteiger partial charge in [-0.15, -0.1) is 15.5 Å². The fourth-order valence-electron chi connectivity index (χ4n) is 0.922. The Balaban J connectivity index is 2.95. The van der Waals surface area contributed by atoms with Crippen LogP contribution < -0.4 is 0 Å². The largest absolute Gasteiger partial charge is 0.332 e. The van der Waals surface area contributed by atoms with Crippen molar-refractivity contribution in [3.05, 3.63) is 35.9 Å². The molecule has 0 fully saturated rings. The van der Waals surface area contributed by atoms with E-state index in [0.29, 0.717) is 5.88 Å². The van der Waals surface area contributed by atoms with E-state index in [0.717, 1.165) is 5.56 Å². The topological polar surface area (TPSA) is 34.1 Å². The van der Waals surface area contributed by atoms with Crippen molar-refractivity contribution in [3.63, 3.8) is 0 Å². The van der Waals surface area contributed by atoms with Gasteiger partial charge < -0.3 is 0 Å². The third-order valence-electron chi connectivity index (χ3n) is 1.56. The molecule has 0 heterocycles. The van der Waals surface area contributed by atoms with E-state index < -0.39 is 10.2 Å². The average Bonchev–Trinajstić information content (AvgIpc) is 2.14. The van der Waals surface area contributed by atoms with Crippen molar-refractivity contribution in [3.8, 4) is 0 Å². The quantitative estimate of drug-likeness (QED) is 0.595. The van der Waals surface area contributed by atoms with Gasteiger partial charge in [0.25, 0.3) is 0 Å². The number of allylic oxidation sites excluding steroid dienone is 1. The first kappa shape index (κ1) is 11.2. The van der Waals surface area contributed by atoms with E-state index in [1.807, 2.05) is 0 Å². The second kappa shape index (κ2) is 4.57. The maximum Gasteiger partial charge on any atom is 0.332 e. The third kappa shape index (κ3) is 3.12. The molecule has 1 aromatic carbocycles. The predicted octanol–water partition coefficient (Wildman–Crippen LogP) is 2.60. The lowest BCUT2D eigenvalue weighted by molar-refractivity contribution is 0.552. The molecular formula is C9H8ClFO2S. The van der Waals surface area contributed by atoms with Crippen LogP contribution in [0.2, 0.25) is 0 Å². The van der Waals surface area contributed by atoms with Gasteiger partial charge in [0.15, 0.2) is 0 Å². The number of hydrogen-bond acceptors (Lipinski definition) is 2. The van der Waals surface area contributed by atoms with Crippen molar-refractivity contribution in [2.75, 3.05) is 5.88 Å². The number of hydrogen-bond donors (Lipinski definition) is 0. The predicted molar refractivity (Wildman–Crippen MR) is 54.5 cm³/mol. The SMILES string of the molecule is O=S(=O)(F)c1ccc(C=CCCl)cc1. The molecule has 0 aromatic heterocycles. The summed E-state index contributed by atoms with van der Waals surface area (Å²) >= 11 is 5.41. The van der Waals surface area contributed by atoms with Crippen molar-refractivity contribution in [1.82, 2.24) is 0 Å². The van der Waals surface area contributed by atoms with Gasteiger partial charge in [-0.1, -0.05) is 24.3 Å². The van der Waals surface area contributed by atoms with Crippen LogP contribution in [-0.2, 0) is 10.2 Å². The number of rotatable bonds is 3. The van der Waals surface area contributed by atoms with E-state index in [9.17, 15) is 12.3 Å². The zero-order valence-corrected chi connectivity index (χ0v) is 8.72. The van der Waals surface area contributed by atoms with Crippen LogP contribution in [0.1, 0.15) is 5.56 Å². The Morgan fingerprint density at radius 3 is 2.29 bits per heavy atom. The molecule has 0 aliphatic rings. The van der Waals surface area contributed by atoms with Crippen LogP contribution in [-0.4, -0.2) is 14.3 Å². The van der Waals surface area contributed by atoms with Crippen LogP contribution in [0.3, 0.4) is 0 Å². The van der Waals surface area contributed by atoms with E-state index >= 15 is 0 Å². The van der Waals surface area contributed by atoms with Gasteiger partial charge in [0.05, 0.1) is 4.90 Å². The highest BCUT2D eigenvalue weighted by Crippen LogP contribution is 2.13. The van der Waals surface area contributed by atoms with Gasteiger partial charge >= 0.3 is 10.2 Å². The Labute approximate surface area is 87.2 Å². The Hall–Kier alpha value is -0.870. The number of halogens is 2. The average molecular weight is 235 g/mol. The first-order chi connectivity index (χ1) is 6.54. The smallest absolute Gasteiger partial charge is 0.189 e. The second-order valence-electron chi connectivity index (χ2n) is 2.56. The molecule has 0 atom stereocenters.